The van der Waals surface area contributed by atoms with Crippen LogP contribution >= 0.6 is 0 Å². The van der Waals surface area contributed by atoms with Gasteiger partial charge in [0.25, 0.3) is 0 Å². The fourth-order valence-electron chi connectivity index (χ4n) is 1.77. The van der Waals surface area contributed by atoms with Crippen LogP contribution in [0.15, 0.2) is 36.5 Å². The van der Waals surface area contributed by atoms with E-state index in [1.165, 1.54) is 0 Å². The highest BCUT2D eigenvalue weighted by Crippen LogP contribution is 2.21. The molecule has 1 N–H and O–H groups in total. The summed E-state index contributed by atoms with van der Waals surface area (Å²) in [6.45, 7) is 3.07. The molecule has 0 saturated carbocycles. The molecule has 0 aliphatic heterocycles. The van der Waals surface area contributed by atoms with Crippen molar-refractivity contribution in [2.45, 2.75) is 19.9 Å². The normalized spacial score (nSPS) is 10.6. The molecule has 1 aromatic carbocycles. The van der Waals surface area contributed by atoms with Crippen LogP contribution in [0.4, 0.5) is 0 Å². The predicted molar refractivity (Wildman–Crippen MR) is 64.1 cm³/mol. The van der Waals surface area contributed by atoms with Crippen LogP contribution in [0.2, 0.25) is 0 Å². The average molecular weight is 216 g/mol. The summed E-state index contributed by atoms with van der Waals surface area (Å²) in [4.78, 5) is 0. The maximum absolute atomic E-state index is 9.04. The van der Waals surface area contributed by atoms with Crippen LogP contribution in [0.5, 0.6) is 0 Å². The van der Waals surface area contributed by atoms with Crippen LogP contribution in [0.3, 0.4) is 0 Å². The SMILES string of the molecule is CCn1cc(CCO)c(-c2ccccc2)n1. The molecule has 3 nitrogen and oxygen atoms in total. The second-order valence-electron chi connectivity index (χ2n) is 3.70. The van der Waals surface area contributed by atoms with Crippen molar-refractivity contribution in [2.24, 2.45) is 0 Å². The van der Waals surface area contributed by atoms with Gasteiger partial charge in [-0.25, -0.2) is 0 Å². The second kappa shape index (κ2) is 4.94. The third-order valence-electron chi connectivity index (χ3n) is 2.59. The summed E-state index contributed by atoms with van der Waals surface area (Å²) in [5.41, 5.74) is 3.20. The molecule has 0 bridgehead atoms. The summed E-state index contributed by atoms with van der Waals surface area (Å²) in [5.74, 6) is 0. The van der Waals surface area contributed by atoms with Gasteiger partial charge in [0.2, 0.25) is 0 Å². The molecule has 0 saturated heterocycles. The largest absolute Gasteiger partial charge is 0.396 e. The molecule has 1 aromatic heterocycles. The van der Waals surface area contributed by atoms with E-state index in [0.717, 1.165) is 23.4 Å². The molecule has 0 radical (unpaired) electrons. The number of aliphatic hydroxyl groups excluding tert-OH is 1. The fourth-order valence-corrected chi connectivity index (χ4v) is 1.77. The van der Waals surface area contributed by atoms with E-state index in [2.05, 4.69) is 12.0 Å². The first-order valence-corrected chi connectivity index (χ1v) is 5.57. The van der Waals surface area contributed by atoms with Crippen molar-refractivity contribution in [3.8, 4) is 11.3 Å². The van der Waals surface area contributed by atoms with E-state index in [-0.39, 0.29) is 6.61 Å². The molecule has 0 fully saturated rings. The number of aryl methyl sites for hydroxylation is 1. The van der Waals surface area contributed by atoms with Crippen molar-refractivity contribution in [3.63, 3.8) is 0 Å². The minimum Gasteiger partial charge on any atom is -0.396 e. The van der Waals surface area contributed by atoms with Crippen molar-refractivity contribution in [2.75, 3.05) is 6.61 Å². The van der Waals surface area contributed by atoms with Crippen molar-refractivity contribution in [3.05, 3.63) is 42.1 Å². The van der Waals surface area contributed by atoms with Crippen molar-refractivity contribution in [1.29, 1.82) is 0 Å². The summed E-state index contributed by atoms with van der Waals surface area (Å²) in [6.07, 6.45) is 2.67. The Labute approximate surface area is 95.3 Å². The molecule has 0 amide bonds. The van der Waals surface area contributed by atoms with Crippen LogP contribution in [0.1, 0.15) is 12.5 Å². The quantitative estimate of drug-likeness (QED) is 0.850. The Kier molecular flexibility index (Phi) is 3.37. The molecule has 0 atom stereocenters. The zero-order valence-electron chi connectivity index (χ0n) is 9.43. The number of hydrogen-bond acceptors (Lipinski definition) is 2. The summed E-state index contributed by atoms with van der Waals surface area (Å²) in [5, 5.41) is 13.6. The number of benzene rings is 1. The van der Waals surface area contributed by atoms with E-state index < -0.39 is 0 Å². The topological polar surface area (TPSA) is 38.0 Å². The molecule has 84 valence electrons. The maximum atomic E-state index is 9.04. The van der Waals surface area contributed by atoms with E-state index in [1.807, 2.05) is 41.2 Å². The average Bonchev–Trinajstić information content (AvgIpc) is 2.74. The van der Waals surface area contributed by atoms with Crippen molar-refractivity contribution >= 4 is 0 Å². The Morgan fingerprint density at radius 1 is 1.25 bits per heavy atom. The molecule has 0 aliphatic rings. The van der Waals surface area contributed by atoms with Gasteiger partial charge in [0.15, 0.2) is 0 Å². The fraction of sp³-hybridized carbons (Fsp3) is 0.308. The summed E-state index contributed by atoms with van der Waals surface area (Å²) < 4.78 is 1.91. The van der Waals surface area contributed by atoms with Gasteiger partial charge in [0.1, 0.15) is 0 Å². The minimum absolute atomic E-state index is 0.162. The van der Waals surface area contributed by atoms with Gasteiger partial charge in [-0.15, -0.1) is 0 Å². The second-order valence-corrected chi connectivity index (χ2v) is 3.70. The van der Waals surface area contributed by atoms with Gasteiger partial charge in [0, 0.05) is 30.5 Å². The number of aromatic nitrogens is 2. The van der Waals surface area contributed by atoms with Crippen LogP contribution in [0.25, 0.3) is 11.3 Å². The van der Waals surface area contributed by atoms with Crippen molar-refractivity contribution < 1.29 is 5.11 Å². The van der Waals surface area contributed by atoms with E-state index in [0.29, 0.717) is 6.42 Å². The number of hydrogen-bond donors (Lipinski definition) is 1. The summed E-state index contributed by atoms with van der Waals surface area (Å²) >= 11 is 0. The predicted octanol–water partition coefficient (Wildman–Crippen LogP) is 2.10. The Bertz CT molecular complexity index is 448. The molecular formula is C13H16N2O. The maximum Gasteiger partial charge on any atom is 0.0955 e. The summed E-state index contributed by atoms with van der Waals surface area (Å²) in [6, 6.07) is 10.1. The molecule has 0 aliphatic carbocycles. The third kappa shape index (κ3) is 2.14. The first-order chi connectivity index (χ1) is 7.85. The van der Waals surface area contributed by atoms with Crippen LogP contribution < -0.4 is 0 Å². The van der Waals surface area contributed by atoms with Crippen molar-refractivity contribution in [1.82, 2.24) is 9.78 Å². The van der Waals surface area contributed by atoms with Gasteiger partial charge in [0.05, 0.1) is 5.69 Å². The van der Waals surface area contributed by atoms with Gasteiger partial charge < -0.3 is 5.11 Å². The molecule has 3 heteroatoms. The van der Waals surface area contributed by atoms with E-state index in [1.54, 1.807) is 0 Å². The number of rotatable bonds is 4. The van der Waals surface area contributed by atoms with E-state index >= 15 is 0 Å². The standard InChI is InChI=1S/C13H16N2O/c1-2-15-10-12(8-9-16)13(14-15)11-6-4-3-5-7-11/h3-7,10,16H,2,8-9H2,1H3. The third-order valence-corrected chi connectivity index (χ3v) is 2.59. The van der Waals surface area contributed by atoms with Crippen LogP contribution in [-0.4, -0.2) is 21.5 Å². The lowest BCUT2D eigenvalue weighted by atomic mass is 10.1. The highest BCUT2D eigenvalue weighted by Gasteiger charge is 2.09. The molecule has 0 spiro atoms. The molecule has 2 aromatic rings. The summed E-state index contributed by atoms with van der Waals surface area (Å²) in [7, 11) is 0. The Morgan fingerprint density at radius 3 is 2.62 bits per heavy atom. The van der Waals surface area contributed by atoms with Gasteiger partial charge >= 0.3 is 0 Å². The minimum atomic E-state index is 0.162. The zero-order valence-corrected chi connectivity index (χ0v) is 9.43. The van der Waals surface area contributed by atoms with Gasteiger partial charge in [-0.05, 0) is 13.3 Å². The lowest BCUT2D eigenvalue weighted by Crippen LogP contribution is -1.93. The molecular weight excluding hydrogens is 200 g/mol. The molecule has 0 unspecified atom stereocenters. The van der Waals surface area contributed by atoms with Crippen LogP contribution in [0, 0.1) is 0 Å². The van der Waals surface area contributed by atoms with E-state index in [4.69, 9.17) is 5.11 Å². The number of nitrogens with zero attached hydrogens (tertiary/aromatic N) is 2. The zero-order chi connectivity index (χ0) is 11.4. The molecule has 2 rings (SSSR count). The van der Waals surface area contributed by atoms with Gasteiger partial charge in [-0.2, -0.15) is 5.10 Å². The highest BCUT2D eigenvalue weighted by molar-refractivity contribution is 5.62. The first-order valence-electron chi connectivity index (χ1n) is 5.57. The molecule has 16 heavy (non-hydrogen) atoms. The first kappa shape index (κ1) is 10.9. The lowest BCUT2D eigenvalue weighted by Gasteiger charge is -1.99. The van der Waals surface area contributed by atoms with Gasteiger partial charge in [-0.1, -0.05) is 30.3 Å². The number of aliphatic hydroxyl groups is 1. The van der Waals surface area contributed by atoms with Gasteiger partial charge in [-0.3, -0.25) is 4.68 Å². The lowest BCUT2D eigenvalue weighted by molar-refractivity contribution is 0.299. The van der Waals surface area contributed by atoms with Crippen LogP contribution in [-0.2, 0) is 13.0 Å². The molecule has 1 heterocycles. The Hall–Kier alpha value is -1.61. The smallest absolute Gasteiger partial charge is 0.0955 e. The Morgan fingerprint density at radius 2 is 2.00 bits per heavy atom. The highest BCUT2D eigenvalue weighted by atomic mass is 16.2. The van der Waals surface area contributed by atoms with E-state index in [9.17, 15) is 0 Å². The monoisotopic (exact) mass is 216 g/mol. The Balaban J connectivity index is 2.42.